The van der Waals surface area contributed by atoms with Gasteiger partial charge in [-0.2, -0.15) is 0 Å². The number of terminal acetylenes is 1. The third-order valence-electron chi connectivity index (χ3n) is 1.28. The summed E-state index contributed by atoms with van der Waals surface area (Å²) in [6.07, 6.45) is 4.87. The second-order valence-electron chi connectivity index (χ2n) is 2.89. The fourth-order valence-electron chi connectivity index (χ4n) is 0.558. The molecule has 0 unspecified atom stereocenters. The molecule has 0 aromatic carbocycles. The van der Waals surface area contributed by atoms with E-state index in [4.69, 9.17) is 12.0 Å². The van der Waals surface area contributed by atoms with E-state index in [2.05, 4.69) is 92.3 Å². The van der Waals surface area contributed by atoms with Crippen LogP contribution >= 0.6 is 0 Å². The summed E-state index contributed by atoms with van der Waals surface area (Å²) in [5.41, 5.74) is 7.69. The number of azide groups is 1. The molecule has 0 atom stereocenters. The smallest absolute Gasteiger partial charge is 0.216 e. The fourth-order valence-corrected chi connectivity index (χ4v) is 0.558. The molecule has 0 bridgehead atoms. The van der Waals surface area contributed by atoms with Crippen LogP contribution in [-0.4, -0.2) is 12.6 Å². The molecule has 0 fully saturated rings. The largest absolute Gasteiger partial charge is 0.350 e. The van der Waals surface area contributed by atoms with E-state index >= 15 is 0 Å². The summed E-state index contributed by atoms with van der Waals surface area (Å²) < 4.78 is 0. The average molecular weight is 298 g/mol. The van der Waals surface area contributed by atoms with Gasteiger partial charge in [0.15, 0.2) is 0 Å². The summed E-state index contributed by atoms with van der Waals surface area (Å²) in [5, 5.41) is 5.35. The van der Waals surface area contributed by atoms with Crippen molar-refractivity contribution in [3.63, 3.8) is 0 Å². The van der Waals surface area contributed by atoms with Crippen molar-refractivity contribution >= 4 is 5.91 Å². The molecule has 0 radical (unpaired) electrons. The highest BCUT2D eigenvalue weighted by Gasteiger charge is 1.82. The minimum Gasteiger partial charge on any atom is -0.350 e. The molecule has 0 heterocycles. The summed E-state index contributed by atoms with van der Waals surface area (Å²) >= 11 is 0. The highest BCUT2D eigenvalue weighted by atomic mass is 16.1. The molecule has 0 aliphatic rings. The Bertz CT molecular complexity index is 860. The maximum Gasteiger partial charge on any atom is 0.216 e. The first-order valence-corrected chi connectivity index (χ1v) is 5.81. The molecule has 0 rings (SSSR count). The Hall–Kier alpha value is -4.30. The Balaban J connectivity index is 0. The van der Waals surface area contributed by atoms with Crippen molar-refractivity contribution in [2.45, 2.75) is 13.8 Å². The van der Waals surface area contributed by atoms with Crippen molar-refractivity contribution in [3.8, 4) is 83.4 Å². The van der Waals surface area contributed by atoms with Gasteiger partial charge in [-0.3, -0.25) is 4.79 Å². The quantitative estimate of drug-likeness (QED) is 0.352. The molecule has 0 aromatic rings. The fraction of sp³-hybridized carbons (Fsp3) is 0.167. The van der Waals surface area contributed by atoms with Gasteiger partial charge in [0.2, 0.25) is 5.91 Å². The molecule has 23 heavy (non-hydrogen) atoms. The van der Waals surface area contributed by atoms with Gasteiger partial charge in [-0.25, -0.2) is 0 Å². The maximum absolute atomic E-state index is 10.0. The second-order valence-corrected chi connectivity index (χ2v) is 2.89. The van der Waals surface area contributed by atoms with Gasteiger partial charge >= 0.3 is 0 Å². The molecular weight excluding hydrogens is 288 g/mol. The first kappa shape index (κ1) is 21.0. The Morgan fingerprint density at radius 3 is 1.78 bits per heavy atom. The van der Waals surface area contributed by atoms with Crippen LogP contribution in [0.3, 0.4) is 0 Å². The van der Waals surface area contributed by atoms with Crippen LogP contribution in [-0.2, 0) is 4.79 Å². The topological polar surface area (TPSA) is 77.9 Å². The van der Waals surface area contributed by atoms with Crippen LogP contribution in [0.5, 0.6) is 0 Å². The van der Waals surface area contributed by atoms with Gasteiger partial charge in [0.1, 0.15) is 0 Å². The van der Waals surface area contributed by atoms with E-state index in [1.165, 1.54) is 6.92 Å². The molecule has 0 aliphatic carbocycles. The number of carbonyl (C=O) groups excluding carboxylic acids is 1. The number of hydrogen-bond acceptors (Lipinski definition) is 2. The van der Waals surface area contributed by atoms with E-state index < -0.39 is 0 Å². The van der Waals surface area contributed by atoms with Crippen LogP contribution < -0.4 is 5.32 Å². The van der Waals surface area contributed by atoms with Gasteiger partial charge in [-0.05, 0) is 83.5 Å². The van der Waals surface area contributed by atoms with Crippen molar-refractivity contribution in [2.75, 3.05) is 6.67 Å². The molecule has 0 saturated carbocycles. The van der Waals surface area contributed by atoms with Crippen LogP contribution in [0.4, 0.5) is 0 Å². The van der Waals surface area contributed by atoms with E-state index in [1.54, 1.807) is 6.92 Å². The molecule has 0 saturated heterocycles. The van der Waals surface area contributed by atoms with Crippen molar-refractivity contribution in [1.82, 2.24) is 5.32 Å². The molecular formula is C18H10N4O. The van der Waals surface area contributed by atoms with E-state index in [-0.39, 0.29) is 12.6 Å². The number of nitrogens with zero attached hydrogens (tertiary/aromatic N) is 3. The maximum atomic E-state index is 10.0. The lowest BCUT2D eigenvalue weighted by Crippen LogP contribution is -2.18. The molecule has 5 nitrogen and oxygen atoms in total. The third kappa shape index (κ3) is 27.0. The van der Waals surface area contributed by atoms with E-state index in [1.807, 2.05) is 0 Å². The SMILES string of the molecule is C#CC#CC#CC#CC#CC#CC#CC.CC(=O)NCN=[N+]=[N-]. The molecule has 0 spiro atoms. The van der Waals surface area contributed by atoms with Crippen molar-refractivity contribution in [1.29, 1.82) is 0 Å². The lowest BCUT2D eigenvalue weighted by Gasteiger charge is -1.89. The van der Waals surface area contributed by atoms with Crippen molar-refractivity contribution < 1.29 is 4.79 Å². The number of rotatable bonds is 2. The summed E-state index contributed by atoms with van der Waals surface area (Å²) in [6, 6.07) is 0. The first-order chi connectivity index (χ1) is 11.2. The Kier molecular flexibility index (Phi) is 18.3. The van der Waals surface area contributed by atoms with Gasteiger partial charge in [0.25, 0.3) is 0 Å². The van der Waals surface area contributed by atoms with E-state index in [9.17, 15) is 4.79 Å². The molecule has 1 N–H and O–H groups in total. The average Bonchev–Trinajstić information content (AvgIpc) is 2.53. The van der Waals surface area contributed by atoms with E-state index in [0.717, 1.165) is 0 Å². The first-order valence-electron chi connectivity index (χ1n) is 5.81. The van der Waals surface area contributed by atoms with Crippen molar-refractivity contribution in [3.05, 3.63) is 10.4 Å². The molecule has 1 amide bonds. The standard InChI is InChI=1S/C15H4.C3H6N4O/c1-3-5-7-9-11-13-15-14-12-10-8-6-4-2;1-3(8)5-2-6-7-4/h1H,2H3;2H2,1H3,(H,5,8). The van der Waals surface area contributed by atoms with Gasteiger partial charge in [-0.1, -0.05) is 11.0 Å². The molecule has 108 valence electrons. The van der Waals surface area contributed by atoms with E-state index in [0.29, 0.717) is 0 Å². The number of nitrogens with one attached hydrogen (secondary N) is 1. The number of amides is 1. The minimum atomic E-state index is -0.197. The highest BCUT2D eigenvalue weighted by Crippen LogP contribution is 1.64. The highest BCUT2D eigenvalue weighted by molar-refractivity contribution is 5.72. The monoisotopic (exact) mass is 298 g/mol. The van der Waals surface area contributed by atoms with Crippen LogP contribution in [0.2, 0.25) is 0 Å². The summed E-state index contributed by atoms with van der Waals surface area (Å²) in [5.74, 6) is 31.7. The zero-order valence-corrected chi connectivity index (χ0v) is 12.5. The minimum absolute atomic E-state index is 0.0336. The zero-order chi connectivity index (χ0) is 17.6. The summed E-state index contributed by atoms with van der Waals surface area (Å²) in [6.45, 7) is 3.09. The van der Waals surface area contributed by atoms with Crippen LogP contribution in [0.25, 0.3) is 10.4 Å². The van der Waals surface area contributed by atoms with Gasteiger partial charge in [0.05, 0.1) is 6.67 Å². The Labute approximate surface area is 136 Å². The molecule has 5 heteroatoms. The molecule has 0 aliphatic heterocycles. The van der Waals surface area contributed by atoms with Crippen molar-refractivity contribution in [2.24, 2.45) is 5.11 Å². The Morgan fingerprint density at radius 2 is 1.43 bits per heavy atom. The van der Waals surface area contributed by atoms with Crippen LogP contribution in [0.15, 0.2) is 5.11 Å². The van der Waals surface area contributed by atoms with Gasteiger partial charge in [0, 0.05) is 11.8 Å². The van der Waals surface area contributed by atoms with Crippen LogP contribution in [0, 0.1) is 83.4 Å². The predicted octanol–water partition coefficient (Wildman–Crippen LogP) is 1.05. The summed E-state index contributed by atoms with van der Waals surface area (Å²) in [4.78, 5) is 12.4. The predicted molar refractivity (Wildman–Crippen MR) is 89.0 cm³/mol. The van der Waals surface area contributed by atoms with Crippen LogP contribution in [0.1, 0.15) is 13.8 Å². The number of carbonyl (C=O) groups is 1. The Morgan fingerprint density at radius 1 is 1.00 bits per heavy atom. The normalized spacial score (nSPS) is 4.91. The number of hydrogen-bond donors (Lipinski definition) is 1. The molecule has 0 aromatic heterocycles. The summed E-state index contributed by atoms with van der Waals surface area (Å²) in [7, 11) is 0. The van der Waals surface area contributed by atoms with Gasteiger partial charge in [-0.15, -0.1) is 6.42 Å². The lowest BCUT2D eigenvalue weighted by molar-refractivity contribution is -0.118. The van der Waals surface area contributed by atoms with Gasteiger partial charge < -0.3 is 5.32 Å². The zero-order valence-electron chi connectivity index (χ0n) is 12.5. The second kappa shape index (κ2) is 20.0. The lowest BCUT2D eigenvalue weighted by atomic mass is 10.5. The third-order valence-corrected chi connectivity index (χ3v) is 1.28.